The molecule has 0 saturated heterocycles. The molecular formula is C17H15N5O2. The van der Waals surface area contributed by atoms with Gasteiger partial charge in [0.25, 0.3) is 0 Å². The molecule has 2 aromatic heterocycles. The number of rotatable bonds is 3. The molecule has 0 unspecified atom stereocenters. The van der Waals surface area contributed by atoms with Crippen LogP contribution in [0.4, 0.5) is 5.69 Å². The Balaban J connectivity index is 2.28. The second-order valence-corrected chi connectivity index (χ2v) is 5.17. The highest BCUT2D eigenvalue weighted by molar-refractivity contribution is 5.96. The minimum atomic E-state index is -0.611. The summed E-state index contributed by atoms with van der Waals surface area (Å²) < 4.78 is 8.08. The predicted molar refractivity (Wildman–Crippen MR) is 88.1 cm³/mol. The fourth-order valence-electron chi connectivity index (χ4n) is 2.52. The van der Waals surface area contributed by atoms with Crippen LogP contribution in [0.2, 0.25) is 0 Å². The lowest BCUT2D eigenvalue weighted by atomic mass is 10.2. The molecule has 0 aliphatic carbocycles. The van der Waals surface area contributed by atoms with Gasteiger partial charge in [-0.1, -0.05) is 12.1 Å². The van der Waals surface area contributed by atoms with Crippen LogP contribution in [0.1, 0.15) is 21.7 Å². The van der Waals surface area contributed by atoms with Crippen LogP contribution in [0, 0.1) is 18.3 Å². The standard InChI is InChI=1S/C17H15N5O2/c1-11-7-8-22(20-11)14-6-4-3-5-13(14)21-10-12(9-18)15(19)16(21)17(23)24-2/h3-8,10H,19H2,1-2H3. The van der Waals surface area contributed by atoms with E-state index in [1.807, 2.05) is 49.5 Å². The number of para-hydroxylation sites is 2. The van der Waals surface area contributed by atoms with E-state index in [4.69, 9.17) is 10.5 Å². The molecule has 0 atom stereocenters. The van der Waals surface area contributed by atoms with E-state index in [2.05, 4.69) is 5.10 Å². The van der Waals surface area contributed by atoms with Crippen LogP contribution in [0.15, 0.2) is 42.7 Å². The van der Waals surface area contributed by atoms with Gasteiger partial charge in [-0.05, 0) is 25.1 Å². The number of nitrogens with two attached hydrogens (primary N) is 1. The number of nitrogen functional groups attached to an aromatic ring is 1. The number of aryl methyl sites for hydroxylation is 1. The normalized spacial score (nSPS) is 10.4. The summed E-state index contributed by atoms with van der Waals surface area (Å²) in [4.78, 5) is 12.2. The van der Waals surface area contributed by atoms with Crippen molar-refractivity contribution in [1.29, 1.82) is 5.26 Å². The van der Waals surface area contributed by atoms with Crippen LogP contribution >= 0.6 is 0 Å². The lowest BCUT2D eigenvalue weighted by molar-refractivity contribution is 0.0593. The summed E-state index contributed by atoms with van der Waals surface area (Å²) in [7, 11) is 1.27. The van der Waals surface area contributed by atoms with Crippen molar-refractivity contribution in [2.24, 2.45) is 0 Å². The number of carbonyl (C=O) groups is 1. The molecule has 2 heterocycles. The van der Waals surface area contributed by atoms with E-state index < -0.39 is 5.97 Å². The number of nitriles is 1. The number of anilines is 1. The lowest BCUT2D eigenvalue weighted by Crippen LogP contribution is -2.13. The molecule has 0 spiro atoms. The third-order valence-corrected chi connectivity index (χ3v) is 3.65. The molecule has 7 heteroatoms. The number of benzene rings is 1. The van der Waals surface area contributed by atoms with E-state index in [-0.39, 0.29) is 16.9 Å². The van der Waals surface area contributed by atoms with Crippen molar-refractivity contribution in [1.82, 2.24) is 14.3 Å². The van der Waals surface area contributed by atoms with Crippen molar-refractivity contribution < 1.29 is 9.53 Å². The zero-order valence-corrected chi connectivity index (χ0v) is 13.2. The second-order valence-electron chi connectivity index (χ2n) is 5.17. The quantitative estimate of drug-likeness (QED) is 0.746. The molecule has 0 aliphatic heterocycles. The van der Waals surface area contributed by atoms with Crippen LogP contribution in [0.5, 0.6) is 0 Å². The molecule has 0 bridgehead atoms. The summed E-state index contributed by atoms with van der Waals surface area (Å²) in [6.07, 6.45) is 3.35. The summed E-state index contributed by atoms with van der Waals surface area (Å²) in [6.45, 7) is 1.89. The molecule has 0 aliphatic rings. The molecule has 1 aromatic carbocycles. The summed E-state index contributed by atoms with van der Waals surface area (Å²) in [5.41, 5.74) is 8.64. The van der Waals surface area contributed by atoms with E-state index in [0.717, 1.165) is 11.4 Å². The number of aromatic nitrogens is 3. The summed E-state index contributed by atoms with van der Waals surface area (Å²) in [6, 6.07) is 11.3. The molecule has 0 amide bonds. The Morgan fingerprint density at radius 3 is 2.58 bits per heavy atom. The van der Waals surface area contributed by atoms with Gasteiger partial charge in [-0.15, -0.1) is 0 Å². The Morgan fingerprint density at radius 1 is 1.29 bits per heavy atom. The Bertz CT molecular complexity index is 962. The molecule has 2 N–H and O–H groups in total. The SMILES string of the molecule is COC(=O)c1c(N)c(C#N)cn1-c1ccccc1-n1ccc(C)n1. The number of methoxy groups -OCH3 is 1. The maximum atomic E-state index is 12.2. The molecule has 0 saturated carbocycles. The van der Waals surface area contributed by atoms with Crippen molar-refractivity contribution >= 4 is 11.7 Å². The van der Waals surface area contributed by atoms with Crippen LogP contribution in [-0.4, -0.2) is 27.4 Å². The third kappa shape index (κ3) is 2.40. The number of ether oxygens (including phenoxy) is 1. The fraction of sp³-hybridized carbons (Fsp3) is 0.118. The number of hydrogen-bond acceptors (Lipinski definition) is 5. The van der Waals surface area contributed by atoms with Crippen molar-refractivity contribution in [2.45, 2.75) is 6.92 Å². The fourth-order valence-corrected chi connectivity index (χ4v) is 2.52. The van der Waals surface area contributed by atoms with E-state index >= 15 is 0 Å². The van der Waals surface area contributed by atoms with E-state index in [9.17, 15) is 10.1 Å². The highest BCUT2D eigenvalue weighted by Crippen LogP contribution is 2.27. The van der Waals surface area contributed by atoms with Crippen molar-refractivity contribution in [3.63, 3.8) is 0 Å². The first-order chi connectivity index (χ1) is 11.6. The minimum absolute atomic E-state index is 0.0933. The first kappa shape index (κ1) is 15.4. The molecule has 120 valence electrons. The van der Waals surface area contributed by atoms with E-state index in [0.29, 0.717) is 5.69 Å². The van der Waals surface area contributed by atoms with Gasteiger partial charge in [0.15, 0.2) is 5.69 Å². The largest absolute Gasteiger partial charge is 0.464 e. The van der Waals surface area contributed by atoms with Crippen LogP contribution in [0.3, 0.4) is 0 Å². The van der Waals surface area contributed by atoms with Gasteiger partial charge in [0.05, 0.1) is 35.4 Å². The highest BCUT2D eigenvalue weighted by Gasteiger charge is 2.23. The highest BCUT2D eigenvalue weighted by atomic mass is 16.5. The Hall–Kier alpha value is -3.53. The third-order valence-electron chi connectivity index (χ3n) is 3.65. The first-order valence-corrected chi connectivity index (χ1v) is 7.18. The van der Waals surface area contributed by atoms with E-state index in [1.165, 1.54) is 13.3 Å². The average molecular weight is 321 g/mol. The molecule has 0 fully saturated rings. The summed E-state index contributed by atoms with van der Waals surface area (Å²) >= 11 is 0. The number of carbonyl (C=O) groups excluding carboxylic acids is 1. The van der Waals surface area contributed by atoms with Crippen molar-refractivity contribution in [3.05, 3.63) is 59.7 Å². The zero-order chi connectivity index (χ0) is 17.3. The van der Waals surface area contributed by atoms with Crippen LogP contribution < -0.4 is 5.73 Å². The molecular weight excluding hydrogens is 306 g/mol. The Kier molecular flexibility index (Phi) is 3.80. The average Bonchev–Trinajstić information content (AvgIpc) is 3.17. The van der Waals surface area contributed by atoms with Crippen LogP contribution in [-0.2, 0) is 4.74 Å². The topological polar surface area (TPSA) is 98.9 Å². The maximum Gasteiger partial charge on any atom is 0.357 e. The number of hydrogen-bond donors (Lipinski definition) is 1. The van der Waals surface area contributed by atoms with Gasteiger partial charge in [-0.3, -0.25) is 0 Å². The molecule has 3 rings (SSSR count). The van der Waals surface area contributed by atoms with Crippen molar-refractivity contribution in [3.8, 4) is 17.4 Å². The van der Waals surface area contributed by atoms with Gasteiger partial charge in [0.1, 0.15) is 6.07 Å². The molecule has 0 radical (unpaired) electrons. The number of esters is 1. The zero-order valence-electron chi connectivity index (χ0n) is 13.2. The molecule has 7 nitrogen and oxygen atoms in total. The maximum absolute atomic E-state index is 12.2. The Labute approximate surface area is 138 Å². The first-order valence-electron chi connectivity index (χ1n) is 7.18. The van der Waals surface area contributed by atoms with Crippen molar-refractivity contribution in [2.75, 3.05) is 12.8 Å². The van der Waals surface area contributed by atoms with E-state index in [1.54, 1.807) is 9.25 Å². The van der Waals surface area contributed by atoms with Gasteiger partial charge >= 0.3 is 5.97 Å². The van der Waals surface area contributed by atoms with Gasteiger partial charge in [-0.2, -0.15) is 10.4 Å². The molecule has 24 heavy (non-hydrogen) atoms. The van der Waals surface area contributed by atoms with Gasteiger partial charge in [-0.25, -0.2) is 9.48 Å². The van der Waals surface area contributed by atoms with Gasteiger partial charge < -0.3 is 15.0 Å². The van der Waals surface area contributed by atoms with Gasteiger partial charge in [0, 0.05) is 12.4 Å². The molecule has 3 aromatic rings. The monoisotopic (exact) mass is 321 g/mol. The minimum Gasteiger partial charge on any atom is -0.464 e. The lowest BCUT2D eigenvalue weighted by Gasteiger charge is -2.13. The van der Waals surface area contributed by atoms with Crippen LogP contribution in [0.25, 0.3) is 11.4 Å². The predicted octanol–water partition coefficient (Wildman–Crippen LogP) is 2.21. The summed E-state index contributed by atoms with van der Waals surface area (Å²) in [5.74, 6) is -0.611. The smallest absolute Gasteiger partial charge is 0.357 e. The second kappa shape index (κ2) is 5.93. The summed E-state index contributed by atoms with van der Waals surface area (Å²) in [5, 5.41) is 13.6. The number of nitrogens with zero attached hydrogens (tertiary/aromatic N) is 4. The Morgan fingerprint density at radius 2 is 2.00 bits per heavy atom. The van der Waals surface area contributed by atoms with Gasteiger partial charge in [0.2, 0.25) is 0 Å².